The molecule has 35 heavy (non-hydrogen) atoms. The number of nitrogens with one attached hydrogen (secondary N) is 1. The highest BCUT2D eigenvalue weighted by atomic mass is 16.5. The minimum atomic E-state index is 0.0748. The molecule has 3 aromatic rings. The van der Waals surface area contributed by atoms with Crippen LogP contribution in [0.15, 0.2) is 36.9 Å². The summed E-state index contributed by atoms with van der Waals surface area (Å²) < 4.78 is 8.21. The smallest absolute Gasteiger partial charge is 0.160 e. The Labute approximate surface area is 208 Å². The molecule has 5 rings (SSSR count). The van der Waals surface area contributed by atoms with Crippen molar-refractivity contribution in [3.05, 3.63) is 53.7 Å². The zero-order chi connectivity index (χ0) is 24.5. The van der Waals surface area contributed by atoms with Gasteiger partial charge in [0.25, 0.3) is 0 Å². The third-order valence-electron chi connectivity index (χ3n) is 7.38. The van der Waals surface area contributed by atoms with Crippen molar-refractivity contribution in [2.45, 2.75) is 52.5 Å². The van der Waals surface area contributed by atoms with Gasteiger partial charge in [0, 0.05) is 50.1 Å². The highest BCUT2D eigenvalue weighted by Crippen LogP contribution is 2.35. The van der Waals surface area contributed by atoms with Crippen molar-refractivity contribution < 1.29 is 4.74 Å². The first-order chi connectivity index (χ1) is 16.9. The van der Waals surface area contributed by atoms with E-state index in [1.165, 1.54) is 12.0 Å². The molecule has 7 nitrogen and oxygen atoms in total. The third kappa shape index (κ3) is 4.68. The fourth-order valence-electron chi connectivity index (χ4n) is 5.25. The van der Waals surface area contributed by atoms with E-state index < -0.39 is 0 Å². The van der Waals surface area contributed by atoms with Gasteiger partial charge < -0.3 is 19.9 Å². The Balaban J connectivity index is 1.57. The number of ether oxygens (including phenoxy) is 1. The van der Waals surface area contributed by atoms with Crippen molar-refractivity contribution in [2.24, 2.45) is 5.92 Å². The highest BCUT2D eigenvalue weighted by Gasteiger charge is 2.25. The van der Waals surface area contributed by atoms with E-state index in [2.05, 4.69) is 79.8 Å². The van der Waals surface area contributed by atoms with Gasteiger partial charge >= 0.3 is 0 Å². The Kier molecular flexibility index (Phi) is 6.58. The van der Waals surface area contributed by atoms with Gasteiger partial charge in [-0.05, 0) is 50.7 Å². The maximum absolute atomic E-state index is 6.24. The van der Waals surface area contributed by atoms with Crippen molar-refractivity contribution in [3.8, 4) is 5.75 Å². The van der Waals surface area contributed by atoms with Crippen LogP contribution < -0.4 is 15.0 Å². The molecule has 2 bridgehead atoms. The molecule has 4 heterocycles. The van der Waals surface area contributed by atoms with Crippen LogP contribution in [0.1, 0.15) is 62.4 Å². The molecular weight excluding hydrogens is 436 g/mol. The molecule has 186 valence electrons. The Hall–Kier alpha value is -3.22. The largest absolute Gasteiger partial charge is 0.493 e. The van der Waals surface area contributed by atoms with Gasteiger partial charge in [0.05, 0.1) is 18.3 Å². The Bertz CT molecular complexity index is 1220. The van der Waals surface area contributed by atoms with Crippen LogP contribution in [-0.2, 0) is 0 Å². The third-order valence-corrected chi connectivity index (χ3v) is 7.38. The van der Waals surface area contributed by atoms with E-state index in [-0.39, 0.29) is 6.04 Å². The lowest BCUT2D eigenvalue weighted by Crippen LogP contribution is -2.23. The van der Waals surface area contributed by atoms with Crippen LogP contribution in [0.3, 0.4) is 0 Å². The number of aromatic nitrogens is 3. The molecule has 2 atom stereocenters. The van der Waals surface area contributed by atoms with Crippen LogP contribution in [0.5, 0.6) is 5.75 Å². The summed E-state index contributed by atoms with van der Waals surface area (Å²) in [5, 5.41) is 8.69. The summed E-state index contributed by atoms with van der Waals surface area (Å²) in [4.78, 5) is 9.68. The van der Waals surface area contributed by atoms with Gasteiger partial charge in [-0.3, -0.25) is 0 Å². The minimum absolute atomic E-state index is 0.0748. The van der Waals surface area contributed by atoms with E-state index in [4.69, 9.17) is 14.8 Å². The molecule has 1 fully saturated rings. The molecule has 1 aromatic carbocycles. The molecule has 1 saturated heterocycles. The number of benzene rings is 1. The number of rotatable bonds is 2. The summed E-state index contributed by atoms with van der Waals surface area (Å²) in [5.41, 5.74) is 5.09. The molecule has 2 aromatic heterocycles. The average molecular weight is 475 g/mol. The molecule has 0 aliphatic carbocycles. The monoisotopic (exact) mass is 474 g/mol. The minimum Gasteiger partial charge on any atom is -0.493 e. The second-order valence-corrected chi connectivity index (χ2v) is 10.1. The lowest BCUT2D eigenvalue weighted by molar-refractivity contribution is 0.303. The number of aryl methyl sites for hydroxylation is 1. The molecule has 0 radical (unpaired) electrons. The Morgan fingerprint density at radius 1 is 1.20 bits per heavy atom. The normalized spacial score (nSPS) is 21.4. The van der Waals surface area contributed by atoms with Gasteiger partial charge in [-0.15, -0.1) is 0 Å². The predicted molar refractivity (Wildman–Crippen MR) is 143 cm³/mol. The first-order valence-corrected chi connectivity index (χ1v) is 13.0. The second kappa shape index (κ2) is 9.80. The topological polar surface area (TPSA) is 57.9 Å². The number of hydrogen-bond donors (Lipinski definition) is 1. The standard InChI is InChI=1S/C28H38N6O/c1-6-24-23-16-28-30-27(33-13-11-20(3)18-33)17-26(34(28)31-23)29-12-7-8-14-35-25-10-9-19(2)15-22(25)21(4)32(24)5/h9-10,15-17,20,24,29H,4,6-8,11-14,18H2,1-3,5H3/t20-,24?/m0/s1. The maximum Gasteiger partial charge on any atom is 0.160 e. The van der Waals surface area contributed by atoms with Gasteiger partial charge in [0.15, 0.2) is 5.65 Å². The van der Waals surface area contributed by atoms with Crippen molar-refractivity contribution in [1.82, 2.24) is 19.5 Å². The average Bonchev–Trinajstić information content (AvgIpc) is 3.47. The van der Waals surface area contributed by atoms with Crippen molar-refractivity contribution in [3.63, 3.8) is 0 Å². The van der Waals surface area contributed by atoms with Crippen molar-refractivity contribution in [1.29, 1.82) is 0 Å². The first-order valence-electron chi connectivity index (χ1n) is 13.0. The molecular formula is C28H38N6O. The van der Waals surface area contributed by atoms with Crippen LogP contribution in [0.25, 0.3) is 11.3 Å². The van der Waals surface area contributed by atoms with Crippen LogP contribution in [0.2, 0.25) is 0 Å². The fraction of sp³-hybridized carbons (Fsp3) is 0.500. The maximum atomic E-state index is 6.24. The Morgan fingerprint density at radius 3 is 2.83 bits per heavy atom. The highest BCUT2D eigenvalue weighted by molar-refractivity contribution is 5.68. The van der Waals surface area contributed by atoms with Crippen LogP contribution >= 0.6 is 0 Å². The molecule has 0 spiro atoms. The zero-order valence-electron chi connectivity index (χ0n) is 21.5. The van der Waals surface area contributed by atoms with Gasteiger partial charge in [-0.1, -0.05) is 32.1 Å². The van der Waals surface area contributed by atoms with Gasteiger partial charge in [0.1, 0.15) is 17.4 Å². The zero-order valence-corrected chi connectivity index (χ0v) is 21.5. The van der Waals surface area contributed by atoms with Crippen LogP contribution in [-0.4, -0.2) is 52.8 Å². The number of anilines is 2. The molecule has 2 aliphatic heterocycles. The number of fused-ring (bicyclic) bond motifs is 2. The summed E-state index contributed by atoms with van der Waals surface area (Å²) in [6.07, 6.45) is 4.09. The van der Waals surface area contributed by atoms with Crippen molar-refractivity contribution in [2.75, 3.05) is 43.5 Å². The number of hydrogen-bond acceptors (Lipinski definition) is 6. The summed E-state index contributed by atoms with van der Waals surface area (Å²) in [6, 6.07) is 10.7. The lowest BCUT2D eigenvalue weighted by atomic mass is 10.0. The predicted octanol–water partition coefficient (Wildman–Crippen LogP) is 5.52. The molecule has 0 saturated carbocycles. The van der Waals surface area contributed by atoms with E-state index in [1.54, 1.807) is 0 Å². The van der Waals surface area contributed by atoms with E-state index in [1.807, 2.05) is 4.52 Å². The summed E-state index contributed by atoms with van der Waals surface area (Å²) in [6.45, 7) is 14.8. The van der Waals surface area contributed by atoms with Gasteiger partial charge in [-0.2, -0.15) is 9.61 Å². The molecule has 0 amide bonds. The van der Waals surface area contributed by atoms with Crippen LogP contribution in [0.4, 0.5) is 11.6 Å². The SMILES string of the molecule is C=C1c2cc(C)ccc2OCCCCNc2cc(N3CC[C@H](C)C3)nc3cc(nn23)C(CC)N1C. The molecule has 7 heteroatoms. The first kappa shape index (κ1) is 23.5. The van der Waals surface area contributed by atoms with Crippen molar-refractivity contribution >= 4 is 23.0 Å². The van der Waals surface area contributed by atoms with E-state index in [0.717, 1.165) is 78.9 Å². The van der Waals surface area contributed by atoms with E-state index in [0.29, 0.717) is 12.5 Å². The molecule has 1 N–H and O–H groups in total. The summed E-state index contributed by atoms with van der Waals surface area (Å²) >= 11 is 0. The second-order valence-electron chi connectivity index (χ2n) is 10.1. The summed E-state index contributed by atoms with van der Waals surface area (Å²) in [5.74, 6) is 3.63. The quantitative estimate of drug-likeness (QED) is 0.528. The summed E-state index contributed by atoms with van der Waals surface area (Å²) in [7, 11) is 2.11. The molecule has 2 aliphatic rings. The van der Waals surface area contributed by atoms with E-state index in [9.17, 15) is 0 Å². The van der Waals surface area contributed by atoms with Gasteiger partial charge in [-0.25, -0.2) is 4.98 Å². The molecule has 1 unspecified atom stereocenters. The van der Waals surface area contributed by atoms with Gasteiger partial charge in [0.2, 0.25) is 0 Å². The Morgan fingerprint density at radius 2 is 2.06 bits per heavy atom. The fourth-order valence-corrected chi connectivity index (χ4v) is 5.25. The lowest BCUT2D eigenvalue weighted by Gasteiger charge is -2.30. The number of nitrogens with zero attached hydrogens (tertiary/aromatic N) is 5. The van der Waals surface area contributed by atoms with E-state index >= 15 is 0 Å². The van der Waals surface area contributed by atoms with Crippen LogP contribution in [0, 0.1) is 12.8 Å².